The van der Waals surface area contributed by atoms with Crippen molar-refractivity contribution in [1.29, 1.82) is 0 Å². The van der Waals surface area contributed by atoms with E-state index in [1.807, 2.05) is 32.1 Å². The number of hydrogen-bond donors (Lipinski definition) is 1. The van der Waals surface area contributed by atoms with Gasteiger partial charge in [0.15, 0.2) is 5.96 Å². The number of benzene rings is 1. The van der Waals surface area contributed by atoms with Crippen LogP contribution in [0.2, 0.25) is 0 Å². The first kappa shape index (κ1) is 22.9. The molecule has 2 aromatic rings. The third kappa shape index (κ3) is 7.20. The number of nitrogens with one attached hydrogen (secondary N) is 1. The molecular formula is C19H28FIN4S. The van der Waals surface area contributed by atoms with Crippen LogP contribution in [-0.4, -0.2) is 43.4 Å². The van der Waals surface area contributed by atoms with Crippen LogP contribution >= 0.6 is 35.3 Å². The maximum atomic E-state index is 13.9. The fraction of sp³-hybridized carbons (Fsp3) is 0.421. The van der Waals surface area contributed by atoms with Gasteiger partial charge < -0.3 is 15.1 Å². The first-order valence-corrected chi connectivity index (χ1v) is 9.36. The van der Waals surface area contributed by atoms with Crippen molar-refractivity contribution in [3.8, 4) is 0 Å². The Hall–Kier alpha value is -1.19. The zero-order chi connectivity index (χ0) is 18.2. The maximum absolute atomic E-state index is 13.9. The largest absolute Gasteiger partial charge is 0.357 e. The van der Waals surface area contributed by atoms with E-state index in [9.17, 15) is 4.39 Å². The standard InChI is InChI=1S/C19H27FN4S.HI/c1-5-21-19(24(4)12-16-8-9-25-14-16)22-11-15-6-7-18(20)17(10-15)13-23(2)3;/h6-10,14H,5,11-13H2,1-4H3,(H,21,22);1H. The van der Waals surface area contributed by atoms with Crippen molar-refractivity contribution in [3.63, 3.8) is 0 Å². The van der Waals surface area contributed by atoms with Crippen LogP contribution in [0.4, 0.5) is 4.39 Å². The highest BCUT2D eigenvalue weighted by Crippen LogP contribution is 2.14. The molecule has 0 aliphatic carbocycles. The predicted octanol–water partition coefficient (Wildman–Crippen LogP) is 4.16. The third-order valence-electron chi connectivity index (χ3n) is 3.70. The van der Waals surface area contributed by atoms with Gasteiger partial charge in [0.2, 0.25) is 0 Å². The topological polar surface area (TPSA) is 30.9 Å². The second kappa shape index (κ2) is 11.5. The van der Waals surface area contributed by atoms with Crippen molar-refractivity contribution in [1.82, 2.24) is 15.1 Å². The van der Waals surface area contributed by atoms with Crippen LogP contribution in [0.3, 0.4) is 0 Å². The summed E-state index contributed by atoms with van der Waals surface area (Å²) in [7, 11) is 5.90. The molecule has 0 fully saturated rings. The molecule has 0 radical (unpaired) electrons. The molecule has 7 heteroatoms. The molecule has 0 bridgehead atoms. The van der Waals surface area contributed by atoms with Gasteiger partial charge in [-0.2, -0.15) is 11.3 Å². The SMILES string of the molecule is CCNC(=NCc1ccc(F)c(CN(C)C)c1)N(C)Cc1ccsc1.I. The fourth-order valence-corrected chi connectivity index (χ4v) is 3.22. The molecular weight excluding hydrogens is 462 g/mol. The van der Waals surface area contributed by atoms with Gasteiger partial charge in [-0.25, -0.2) is 9.38 Å². The van der Waals surface area contributed by atoms with Gasteiger partial charge in [0.1, 0.15) is 5.82 Å². The Labute approximate surface area is 177 Å². The Balaban J connectivity index is 0.00000338. The van der Waals surface area contributed by atoms with Crippen LogP contribution < -0.4 is 5.32 Å². The number of thiophene rings is 1. The lowest BCUT2D eigenvalue weighted by Gasteiger charge is -2.21. The number of guanidine groups is 1. The highest BCUT2D eigenvalue weighted by molar-refractivity contribution is 14.0. The summed E-state index contributed by atoms with van der Waals surface area (Å²) in [6.07, 6.45) is 0. The summed E-state index contributed by atoms with van der Waals surface area (Å²) in [4.78, 5) is 8.78. The normalized spacial score (nSPS) is 11.4. The van der Waals surface area contributed by atoms with Crippen molar-refractivity contribution in [3.05, 3.63) is 57.5 Å². The summed E-state index contributed by atoms with van der Waals surface area (Å²) in [6.45, 7) is 4.78. The Kier molecular flexibility index (Phi) is 10.1. The van der Waals surface area contributed by atoms with Gasteiger partial charge in [-0.3, -0.25) is 0 Å². The fourth-order valence-electron chi connectivity index (χ4n) is 2.56. The van der Waals surface area contributed by atoms with E-state index in [1.165, 1.54) is 11.6 Å². The minimum atomic E-state index is -0.164. The molecule has 1 N–H and O–H groups in total. The van der Waals surface area contributed by atoms with E-state index in [0.717, 1.165) is 24.6 Å². The van der Waals surface area contributed by atoms with Gasteiger partial charge in [0.05, 0.1) is 6.54 Å². The smallest absolute Gasteiger partial charge is 0.194 e. The molecule has 26 heavy (non-hydrogen) atoms. The summed E-state index contributed by atoms with van der Waals surface area (Å²) < 4.78 is 13.9. The highest BCUT2D eigenvalue weighted by atomic mass is 127. The average molecular weight is 490 g/mol. The minimum absolute atomic E-state index is 0. The van der Waals surface area contributed by atoms with Crippen molar-refractivity contribution in [2.75, 3.05) is 27.7 Å². The third-order valence-corrected chi connectivity index (χ3v) is 4.44. The van der Waals surface area contributed by atoms with Crippen LogP contribution in [0.5, 0.6) is 0 Å². The second-order valence-corrected chi connectivity index (χ2v) is 7.10. The van der Waals surface area contributed by atoms with Crippen LogP contribution in [0.25, 0.3) is 0 Å². The van der Waals surface area contributed by atoms with Gasteiger partial charge in [-0.15, -0.1) is 24.0 Å². The monoisotopic (exact) mass is 490 g/mol. The maximum Gasteiger partial charge on any atom is 0.194 e. The van der Waals surface area contributed by atoms with E-state index in [4.69, 9.17) is 4.99 Å². The van der Waals surface area contributed by atoms with Crippen LogP contribution in [0.15, 0.2) is 40.0 Å². The van der Waals surface area contributed by atoms with Gasteiger partial charge >= 0.3 is 0 Å². The molecule has 1 aromatic carbocycles. The number of hydrogen-bond acceptors (Lipinski definition) is 3. The quantitative estimate of drug-likeness (QED) is 0.359. The number of rotatable bonds is 7. The first-order valence-electron chi connectivity index (χ1n) is 8.42. The van der Waals surface area contributed by atoms with Crippen LogP contribution in [-0.2, 0) is 19.6 Å². The Morgan fingerprint density at radius 3 is 2.54 bits per heavy atom. The molecule has 0 aliphatic rings. The van der Waals surface area contributed by atoms with E-state index in [0.29, 0.717) is 18.7 Å². The van der Waals surface area contributed by atoms with E-state index < -0.39 is 0 Å². The minimum Gasteiger partial charge on any atom is -0.357 e. The van der Waals surface area contributed by atoms with E-state index in [-0.39, 0.29) is 29.8 Å². The van der Waals surface area contributed by atoms with Crippen molar-refractivity contribution >= 4 is 41.3 Å². The first-order chi connectivity index (χ1) is 12.0. The van der Waals surface area contributed by atoms with Gasteiger partial charge in [-0.1, -0.05) is 6.07 Å². The summed E-state index contributed by atoms with van der Waals surface area (Å²) in [6, 6.07) is 7.37. The molecule has 0 saturated heterocycles. The lowest BCUT2D eigenvalue weighted by Crippen LogP contribution is -2.38. The zero-order valence-corrected chi connectivity index (χ0v) is 19.0. The average Bonchev–Trinajstić information content (AvgIpc) is 3.06. The molecule has 1 heterocycles. The van der Waals surface area contributed by atoms with Gasteiger partial charge in [0.25, 0.3) is 0 Å². The van der Waals surface area contributed by atoms with E-state index in [2.05, 4.69) is 34.0 Å². The number of halogens is 2. The summed E-state index contributed by atoms with van der Waals surface area (Å²) in [5.74, 6) is 0.690. The zero-order valence-electron chi connectivity index (χ0n) is 15.8. The Morgan fingerprint density at radius 2 is 1.92 bits per heavy atom. The van der Waals surface area contributed by atoms with Gasteiger partial charge in [-0.05, 0) is 61.1 Å². The number of aliphatic imine (C=N–C) groups is 1. The predicted molar refractivity (Wildman–Crippen MR) is 120 cm³/mol. The molecule has 0 saturated carbocycles. The Bertz CT molecular complexity index is 689. The highest BCUT2D eigenvalue weighted by Gasteiger charge is 2.08. The second-order valence-electron chi connectivity index (χ2n) is 6.32. The van der Waals surface area contributed by atoms with E-state index in [1.54, 1.807) is 17.4 Å². The van der Waals surface area contributed by atoms with Crippen molar-refractivity contribution in [2.24, 2.45) is 4.99 Å². The molecule has 0 aliphatic heterocycles. The molecule has 0 atom stereocenters. The molecule has 144 valence electrons. The van der Waals surface area contributed by atoms with Gasteiger partial charge in [0, 0.05) is 32.2 Å². The van der Waals surface area contributed by atoms with Crippen molar-refractivity contribution < 1.29 is 4.39 Å². The lowest BCUT2D eigenvalue weighted by molar-refractivity contribution is 0.392. The number of nitrogens with zero attached hydrogens (tertiary/aromatic N) is 3. The Morgan fingerprint density at radius 1 is 1.15 bits per heavy atom. The molecule has 0 spiro atoms. The van der Waals surface area contributed by atoms with E-state index >= 15 is 0 Å². The lowest BCUT2D eigenvalue weighted by atomic mass is 10.1. The summed E-state index contributed by atoms with van der Waals surface area (Å²) in [5, 5.41) is 7.55. The molecule has 0 amide bonds. The van der Waals surface area contributed by atoms with Crippen LogP contribution in [0.1, 0.15) is 23.6 Å². The molecule has 0 unspecified atom stereocenters. The summed E-state index contributed by atoms with van der Waals surface area (Å²) >= 11 is 1.70. The molecule has 4 nitrogen and oxygen atoms in total. The molecule has 1 aromatic heterocycles. The van der Waals surface area contributed by atoms with Crippen molar-refractivity contribution in [2.45, 2.75) is 26.6 Å². The molecule has 2 rings (SSSR count). The van der Waals surface area contributed by atoms with Crippen LogP contribution in [0, 0.1) is 5.82 Å². The summed E-state index contributed by atoms with van der Waals surface area (Å²) in [5.41, 5.74) is 2.99.